The Hall–Kier alpha value is -2.86. The van der Waals surface area contributed by atoms with Crippen molar-refractivity contribution in [3.05, 3.63) is 66.0 Å². The summed E-state index contributed by atoms with van der Waals surface area (Å²) in [6, 6.07) is 13.9. The first-order valence-electron chi connectivity index (χ1n) is 8.93. The molecule has 3 heterocycles. The average molecular weight is 350 g/mol. The van der Waals surface area contributed by atoms with Crippen molar-refractivity contribution < 1.29 is 9.53 Å². The lowest BCUT2D eigenvalue weighted by molar-refractivity contribution is 0.0696. The third-order valence-corrected chi connectivity index (χ3v) is 4.71. The van der Waals surface area contributed by atoms with Gasteiger partial charge in [-0.15, -0.1) is 0 Å². The number of hydrogen-bond acceptors (Lipinski definition) is 4. The Balaban J connectivity index is 1.36. The third kappa shape index (κ3) is 3.70. The van der Waals surface area contributed by atoms with Gasteiger partial charge < -0.3 is 15.4 Å². The van der Waals surface area contributed by atoms with E-state index in [1.54, 1.807) is 6.20 Å². The van der Waals surface area contributed by atoms with Gasteiger partial charge in [-0.25, -0.2) is 4.52 Å². The Morgan fingerprint density at radius 2 is 1.96 bits per heavy atom. The predicted molar refractivity (Wildman–Crippen MR) is 100 cm³/mol. The van der Waals surface area contributed by atoms with E-state index in [1.165, 1.54) is 5.56 Å². The summed E-state index contributed by atoms with van der Waals surface area (Å²) in [7, 11) is 0. The molecule has 0 bridgehead atoms. The molecule has 0 radical (unpaired) electrons. The predicted octanol–water partition coefficient (Wildman–Crippen LogP) is 2.86. The fourth-order valence-corrected chi connectivity index (χ4v) is 3.21. The highest BCUT2D eigenvalue weighted by atomic mass is 16.5. The molecule has 1 aliphatic heterocycles. The molecular weight excluding hydrogens is 328 g/mol. The zero-order valence-corrected chi connectivity index (χ0v) is 14.5. The van der Waals surface area contributed by atoms with Crippen LogP contribution in [0.5, 0.6) is 0 Å². The number of nitrogens with zero attached hydrogens (tertiary/aromatic N) is 2. The lowest BCUT2D eigenvalue weighted by Gasteiger charge is -2.23. The van der Waals surface area contributed by atoms with Crippen molar-refractivity contribution in [3.8, 4) is 0 Å². The maximum Gasteiger partial charge on any atom is 0.251 e. The number of nitrogens with one attached hydrogen (secondary N) is 2. The third-order valence-electron chi connectivity index (χ3n) is 4.71. The van der Waals surface area contributed by atoms with Crippen molar-refractivity contribution in [3.63, 3.8) is 0 Å². The van der Waals surface area contributed by atoms with Gasteiger partial charge in [0.05, 0.1) is 5.52 Å². The van der Waals surface area contributed by atoms with E-state index in [1.807, 2.05) is 47.1 Å². The molecule has 1 aromatic carbocycles. The molecule has 4 rings (SSSR count). The number of carbonyl (C=O) groups excluding carboxylic acids is 1. The smallest absolute Gasteiger partial charge is 0.251 e. The largest absolute Gasteiger partial charge is 0.381 e. The Bertz CT molecular complexity index is 882. The standard InChI is InChI=1S/C20H22N4O2/c25-20(23-18-8-12-26-13-9-18)15-3-5-17(6-4-15)21-14-16-2-1-11-24-19(16)7-10-22-24/h1-7,10-11,18,21H,8-9,12-14H2,(H,23,25). The van der Waals surface area contributed by atoms with Crippen LogP contribution in [0.15, 0.2) is 54.9 Å². The molecule has 3 aromatic rings. The molecule has 134 valence electrons. The van der Waals surface area contributed by atoms with Crippen LogP contribution in [0.1, 0.15) is 28.8 Å². The minimum absolute atomic E-state index is 0.0209. The van der Waals surface area contributed by atoms with Crippen LogP contribution in [-0.4, -0.2) is 34.8 Å². The first-order chi connectivity index (χ1) is 12.8. The van der Waals surface area contributed by atoms with E-state index >= 15 is 0 Å². The normalized spacial score (nSPS) is 15.1. The quantitative estimate of drug-likeness (QED) is 0.742. The molecule has 2 aromatic heterocycles. The van der Waals surface area contributed by atoms with Gasteiger partial charge >= 0.3 is 0 Å². The maximum atomic E-state index is 12.3. The molecule has 0 atom stereocenters. The van der Waals surface area contributed by atoms with Crippen molar-refractivity contribution in [1.29, 1.82) is 0 Å². The lowest BCUT2D eigenvalue weighted by atomic mass is 10.1. The van der Waals surface area contributed by atoms with E-state index in [-0.39, 0.29) is 11.9 Å². The average Bonchev–Trinajstić information content (AvgIpc) is 3.17. The number of rotatable bonds is 5. The topological polar surface area (TPSA) is 67.7 Å². The number of aromatic nitrogens is 2. The molecule has 0 unspecified atom stereocenters. The number of anilines is 1. The fraction of sp³-hybridized carbons (Fsp3) is 0.300. The molecule has 6 heteroatoms. The van der Waals surface area contributed by atoms with E-state index in [2.05, 4.69) is 21.8 Å². The summed E-state index contributed by atoms with van der Waals surface area (Å²) in [5.41, 5.74) is 3.92. The molecule has 0 saturated carbocycles. The zero-order valence-electron chi connectivity index (χ0n) is 14.5. The molecule has 0 aliphatic carbocycles. The summed E-state index contributed by atoms with van der Waals surface area (Å²) in [6.45, 7) is 2.14. The highest BCUT2D eigenvalue weighted by Gasteiger charge is 2.16. The number of pyridine rings is 1. The van der Waals surface area contributed by atoms with E-state index in [4.69, 9.17) is 4.74 Å². The number of carbonyl (C=O) groups is 1. The highest BCUT2D eigenvalue weighted by Crippen LogP contribution is 2.15. The van der Waals surface area contributed by atoms with Gasteiger partial charge in [-0.2, -0.15) is 5.10 Å². The van der Waals surface area contributed by atoms with Crippen molar-refractivity contribution in [1.82, 2.24) is 14.9 Å². The molecule has 1 amide bonds. The minimum Gasteiger partial charge on any atom is -0.381 e. The van der Waals surface area contributed by atoms with E-state index < -0.39 is 0 Å². The van der Waals surface area contributed by atoms with Crippen LogP contribution >= 0.6 is 0 Å². The second kappa shape index (κ2) is 7.58. The van der Waals surface area contributed by atoms with Gasteiger partial charge in [-0.3, -0.25) is 4.79 Å². The number of benzene rings is 1. The first-order valence-corrected chi connectivity index (χ1v) is 8.93. The summed E-state index contributed by atoms with van der Waals surface area (Å²) in [6.07, 6.45) is 5.49. The Morgan fingerprint density at radius 1 is 1.15 bits per heavy atom. The SMILES string of the molecule is O=C(NC1CCOCC1)c1ccc(NCc2cccn3nccc23)cc1. The fourth-order valence-electron chi connectivity index (χ4n) is 3.21. The van der Waals surface area contributed by atoms with Gasteiger partial charge in [0.25, 0.3) is 5.91 Å². The van der Waals surface area contributed by atoms with Crippen LogP contribution in [0.25, 0.3) is 5.52 Å². The lowest BCUT2D eigenvalue weighted by Crippen LogP contribution is -2.38. The molecule has 1 saturated heterocycles. The Labute approximate surface area is 152 Å². The van der Waals surface area contributed by atoms with E-state index in [0.29, 0.717) is 12.1 Å². The Kier molecular flexibility index (Phi) is 4.84. The van der Waals surface area contributed by atoms with Gasteiger partial charge in [0.15, 0.2) is 0 Å². The van der Waals surface area contributed by atoms with Crippen LogP contribution in [0, 0.1) is 0 Å². The van der Waals surface area contributed by atoms with Crippen LogP contribution < -0.4 is 10.6 Å². The second-order valence-electron chi connectivity index (χ2n) is 6.49. The number of hydrogen-bond donors (Lipinski definition) is 2. The summed E-state index contributed by atoms with van der Waals surface area (Å²) in [5.74, 6) is -0.0209. The van der Waals surface area contributed by atoms with Crippen LogP contribution in [0.4, 0.5) is 5.69 Å². The molecule has 26 heavy (non-hydrogen) atoms. The van der Waals surface area contributed by atoms with Crippen LogP contribution in [0.3, 0.4) is 0 Å². The summed E-state index contributed by atoms with van der Waals surface area (Å²) in [5, 5.41) is 10.7. The number of ether oxygens (including phenoxy) is 1. The van der Waals surface area contributed by atoms with Crippen molar-refractivity contribution in [2.75, 3.05) is 18.5 Å². The molecule has 1 fully saturated rings. The van der Waals surface area contributed by atoms with Crippen LogP contribution in [0.2, 0.25) is 0 Å². The van der Waals surface area contributed by atoms with Gasteiger partial charge in [0.2, 0.25) is 0 Å². The van der Waals surface area contributed by atoms with E-state index in [9.17, 15) is 4.79 Å². The van der Waals surface area contributed by atoms with Crippen molar-refractivity contribution in [2.45, 2.75) is 25.4 Å². The molecule has 1 aliphatic rings. The summed E-state index contributed by atoms with van der Waals surface area (Å²) >= 11 is 0. The zero-order chi connectivity index (χ0) is 17.8. The molecule has 2 N–H and O–H groups in total. The van der Waals surface area contributed by atoms with Crippen molar-refractivity contribution >= 4 is 17.1 Å². The summed E-state index contributed by atoms with van der Waals surface area (Å²) in [4.78, 5) is 12.3. The summed E-state index contributed by atoms with van der Waals surface area (Å²) < 4.78 is 7.18. The number of fused-ring (bicyclic) bond motifs is 1. The monoisotopic (exact) mass is 350 g/mol. The highest BCUT2D eigenvalue weighted by molar-refractivity contribution is 5.94. The minimum atomic E-state index is -0.0209. The van der Waals surface area contributed by atoms with E-state index in [0.717, 1.165) is 37.3 Å². The van der Waals surface area contributed by atoms with Gasteiger partial charge in [-0.05, 0) is 54.8 Å². The van der Waals surface area contributed by atoms with Gasteiger partial charge in [0.1, 0.15) is 0 Å². The van der Waals surface area contributed by atoms with Gasteiger partial charge in [0, 0.05) is 49.4 Å². The van der Waals surface area contributed by atoms with Crippen molar-refractivity contribution in [2.24, 2.45) is 0 Å². The number of amides is 1. The van der Waals surface area contributed by atoms with Crippen LogP contribution in [-0.2, 0) is 11.3 Å². The Morgan fingerprint density at radius 3 is 2.77 bits per heavy atom. The molecule has 6 nitrogen and oxygen atoms in total. The molecule has 0 spiro atoms. The first kappa shape index (κ1) is 16.6. The van der Waals surface area contributed by atoms with Gasteiger partial charge in [-0.1, -0.05) is 6.07 Å². The maximum absolute atomic E-state index is 12.3. The molecular formula is C20H22N4O2. The second-order valence-corrected chi connectivity index (χ2v) is 6.49.